The molecule has 0 aliphatic carbocycles. The van der Waals surface area contributed by atoms with E-state index in [9.17, 15) is 8.60 Å². The highest BCUT2D eigenvalue weighted by Crippen LogP contribution is 2.27. The fraction of sp³-hybridized carbons (Fsp3) is 0.105. The maximum atomic E-state index is 13.4. The third kappa shape index (κ3) is 5.27. The molecular formula is C19H21FN8OS. The summed E-state index contributed by atoms with van der Waals surface area (Å²) in [5.74, 6) is 10.9. The Morgan fingerprint density at radius 2 is 1.63 bits per heavy atom. The van der Waals surface area contributed by atoms with Gasteiger partial charge in [-0.2, -0.15) is 5.10 Å². The first-order valence-corrected chi connectivity index (χ1v) is 10.3. The van der Waals surface area contributed by atoms with Crippen molar-refractivity contribution in [3.05, 3.63) is 83.4 Å². The molecule has 30 heavy (non-hydrogen) atoms. The first kappa shape index (κ1) is 21.1. The van der Waals surface area contributed by atoms with Crippen molar-refractivity contribution in [2.75, 3.05) is 16.3 Å². The van der Waals surface area contributed by atoms with Gasteiger partial charge in [0.1, 0.15) is 16.8 Å². The number of amidine groups is 1. The van der Waals surface area contributed by atoms with Crippen LogP contribution < -0.4 is 27.2 Å². The Bertz CT molecular complexity index is 1030. The molecule has 0 saturated heterocycles. The fourth-order valence-corrected chi connectivity index (χ4v) is 3.24. The van der Waals surface area contributed by atoms with Crippen LogP contribution in [-0.4, -0.2) is 26.3 Å². The summed E-state index contributed by atoms with van der Waals surface area (Å²) in [5.41, 5.74) is 5.31. The van der Waals surface area contributed by atoms with Gasteiger partial charge < -0.3 is 21.3 Å². The second-order valence-electron chi connectivity index (χ2n) is 6.22. The highest BCUT2D eigenvalue weighted by atomic mass is 32.2. The quantitative estimate of drug-likeness (QED) is 0.166. The van der Waals surface area contributed by atoms with Gasteiger partial charge in [-0.25, -0.2) is 24.4 Å². The van der Waals surface area contributed by atoms with Crippen LogP contribution in [0.3, 0.4) is 0 Å². The summed E-state index contributed by atoms with van der Waals surface area (Å²) in [4.78, 5) is 8.56. The summed E-state index contributed by atoms with van der Waals surface area (Å²) < 4.78 is 27.6. The Morgan fingerprint density at radius 3 is 2.13 bits per heavy atom. The minimum atomic E-state index is -1.17. The van der Waals surface area contributed by atoms with E-state index < -0.39 is 11.0 Å². The number of nitrogens with two attached hydrogens (primary N) is 2. The molecule has 9 nitrogen and oxygen atoms in total. The highest BCUT2D eigenvalue weighted by Gasteiger charge is 2.16. The first-order chi connectivity index (χ1) is 14.5. The lowest BCUT2D eigenvalue weighted by Gasteiger charge is -2.20. The molecular weight excluding hydrogens is 407 g/mol. The molecule has 1 aromatic heterocycles. The van der Waals surface area contributed by atoms with Gasteiger partial charge >= 0.3 is 0 Å². The number of nitrogens with one attached hydrogen (secondary N) is 3. The molecule has 0 aliphatic rings. The molecule has 2 aromatic carbocycles. The van der Waals surface area contributed by atoms with Crippen molar-refractivity contribution in [1.29, 1.82) is 0 Å². The number of rotatable bonds is 7. The lowest BCUT2D eigenvalue weighted by atomic mass is 9.98. The van der Waals surface area contributed by atoms with Gasteiger partial charge in [-0.3, -0.25) is 0 Å². The van der Waals surface area contributed by atoms with Gasteiger partial charge in [-0.05, 0) is 35.4 Å². The number of hydrogen-bond donors (Lipinski definition) is 5. The summed E-state index contributed by atoms with van der Waals surface area (Å²) >= 11 is 0. The predicted octanol–water partition coefficient (Wildman–Crippen LogP) is 1.61. The SMILES string of the molecule is CS(=O)Nc1ccc(C(Nc2ncc(/C(=N/N)NN)cn2)c2ccc(F)cc2)cc1. The van der Waals surface area contributed by atoms with Crippen molar-refractivity contribution in [3.8, 4) is 0 Å². The van der Waals surface area contributed by atoms with E-state index in [2.05, 4.69) is 30.5 Å². The summed E-state index contributed by atoms with van der Waals surface area (Å²) in [6, 6.07) is 13.2. The van der Waals surface area contributed by atoms with Crippen molar-refractivity contribution in [3.63, 3.8) is 0 Å². The largest absolute Gasteiger partial charge is 0.343 e. The standard InChI is InChI=1S/C19H21FN8OS/c1-30(29)28-16-8-4-13(5-9-16)17(12-2-6-15(20)7-3-12)25-19-23-10-14(11-24-19)18(26-21)27-22/h2-11,17,28H,21-22H2,1H3,(H,26,27)(H,23,24,25). The van der Waals surface area contributed by atoms with Crippen molar-refractivity contribution in [2.45, 2.75) is 6.04 Å². The van der Waals surface area contributed by atoms with Gasteiger partial charge in [0.2, 0.25) is 5.95 Å². The van der Waals surface area contributed by atoms with Gasteiger partial charge in [-0.1, -0.05) is 24.3 Å². The predicted molar refractivity (Wildman–Crippen MR) is 116 cm³/mol. The normalized spacial score (nSPS) is 13.4. The van der Waals surface area contributed by atoms with Crippen molar-refractivity contribution in [2.24, 2.45) is 16.8 Å². The molecule has 0 spiro atoms. The number of hydrazone groups is 1. The van der Waals surface area contributed by atoms with E-state index in [0.717, 1.165) is 16.8 Å². The van der Waals surface area contributed by atoms with Gasteiger partial charge in [-0.15, -0.1) is 0 Å². The zero-order valence-corrected chi connectivity index (χ0v) is 16.9. The second-order valence-corrected chi connectivity index (χ2v) is 7.34. The number of benzene rings is 2. The highest BCUT2D eigenvalue weighted by molar-refractivity contribution is 7.85. The van der Waals surface area contributed by atoms with Crippen LogP contribution in [0, 0.1) is 5.82 Å². The van der Waals surface area contributed by atoms with E-state index in [1.165, 1.54) is 24.5 Å². The van der Waals surface area contributed by atoms with E-state index in [-0.39, 0.29) is 17.7 Å². The zero-order valence-electron chi connectivity index (χ0n) is 16.0. The molecule has 0 radical (unpaired) electrons. The van der Waals surface area contributed by atoms with Crippen LogP contribution in [0.15, 0.2) is 66.0 Å². The Hall–Kier alpha value is -3.57. The Kier molecular flexibility index (Phi) is 6.88. The molecule has 2 atom stereocenters. The van der Waals surface area contributed by atoms with Crippen LogP contribution in [0.4, 0.5) is 16.0 Å². The summed E-state index contributed by atoms with van der Waals surface area (Å²) in [6.07, 6.45) is 4.59. The molecule has 2 unspecified atom stereocenters. The zero-order chi connectivity index (χ0) is 21.5. The molecule has 7 N–H and O–H groups in total. The third-order valence-electron chi connectivity index (χ3n) is 4.17. The number of hydrogen-bond acceptors (Lipinski definition) is 7. The Morgan fingerprint density at radius 1 is 1.07 bits per heavy atom. The van der Waals surface area contributed by atoms with E-state index in [4.69, 9.17) is 11.7 Å². The van der Waals surface area contributed by atoms with Crippen LogP contribution in [-0.2, 0) is 11.0 Å². The topological polar surface area (TPSA) is 143 Å². The summed E-state index contributed by atoms with van der Waals surface area (Å²) in [5, 5.41) is 6.76. The maximum Gasteiger partial charge on any atom is 0.223 e. The number of nitrogens with zero attached hydrogens (tertiary/aromatic N) is 3. The van der Waals surface area contributed by atoms with Gasteiger partial charge in [0.05, 0.1) is 11.6 Å². The average molecular weight is 428 g/mol. The summed E-state index contributed by atoms with van der Waals surface area (Å²) in [6.45, 7) is 0. The van der Waals surface area contributed by atoms with Crippen molar-refractivity contribution >= 4 is 28.5 Å². The Balaban J connectivity index is 1.90. The maximum absolute atomic E-state index is 13.4. The van der Waals surface area contributed by atoms with E-state index in [1.807, 2.05) is 24.3 Å². The van der Waals surface area contributed by atoms with Gasteiger partial charge in [0.15, 0.2) is 5.84 Å². The number of aromatic nitrogens is 2. The van der Waals surface area contributed by atoms with Crippen LogP contribution in [0.5, 0.6) is 0 Å². The molecule has 0 amide bonds. The fourth-order valence-electron chi connectivity index (χ4n) is 2.77. The monoisotopic (exact) mass is 428 g/mol. The van der Waals surface area contributed by atoms with E-state index >= 15 is 0 Å². The van der Waals surface area contributed by atoms with Crippen LogP contribution in [0.2, 0.25) is 0 Å². The summed E-state index contributed by atoms with van der Waals surface area (Å²) in [7, 11) is -1.17. The first-order valence-electron chi connectivity index (χ1n) is 8.79. The number of halogens is 1. The molecule has 0 saturated carbocycles. The van der Waals surface area contributed by atoms with Crippen LogP contribution >= 0.6 is 0 Å². The van der Waals surface area contributed by atoms with Crippen LogP contribution in [0.1, 0.15) is 22.7 Å². The minimum absolute atomic E-state index is 0.244. The molecule has 0 aliphatic heterocycles. The smallest absolute Gasteiger partial charge is 0.223 e. The Labute approximate surface area is 175 Å². The minimum Gasteiger partial charge on any atom is -0.343 e. The average Bonchev–Trinajstić information content (AvgIpc) is 2.75. The van der Waals surface area contributed by atoms with E-state index in [1.54, 1.807) is 18.4 Å². The van der Waals surface area contributed by atoms with Crippen LogP contribution in [0.25, 0.3) is 0 Å². The van der Waals surface area contributed by atoms with Crippen molar-refractivity contribution < 1.29 is 8.60 Å². The molecule has 0 bridgehead atoms. The third-order valence-corrected chi connectivity index (χ3v) is 4.70. The molecule has 1 heterocycles. The van der Waals surface area contributed by atoms with Gasteiger partial charge in [0.25, 0.3) is 0 Å². The van der Waals surface area contributed by atoms with Crippen molar-refractivity contribution in [1.82, 2.24) is 15.4 Å². The number of hydrazine groups is 1. The molecule has 3 rings (SSSR count). The lowest BCUT2D eigenvalue weighted by molar-refractivity contribution is 0.626. The molecule has 11 heteroatoms. The lowest BCUT2D eigenvalue weighted by Crippen LogP contribution is -2.32. The van der Waals surface area contributed by atoms with E-state index in [0.29, 0.717) is 11.5 Å². The molecule has 3 aromatic rings. The second kappa shape index (κ2) is 9.76. The molecule has 0 fully saturated rings. The van der Waals surface area contributed by atoms with Gasteiger partial charge in [0, 0.05) is 24.3 Å². The molecule has 156 valence electrons. The number of anilines is 2.